The number of amides is 1. The molecule has 170 valence electrons. The molecule has 0 radical (unpaired) electrons. The van der Waals surface area contributed by atoms with Crippen molar-refractivity contribution in [3.8, 4) is 11.3 Å². The Hall–Kier alpha value is -2.79. The van der Waals surface area contributed by atoms with Gasteiger partial charge in [-0.15, -0.1) is 11.3 Å². The number of hydrogen-bond acceptors (Lipinski definition) is 6. The predicted octanol–water partition coefficient (Wildman–Crippen LogP) is 3.74. The van der Waals surface area contributed by atoms with Crippen LogP contribution in [0.15, 0.2) is 66.0 Å². The number of nitrogens with two attached hydrogens (primary N) is 1. The highest BCUT2D eigenvalue weighted by Gasteiger charge is 2.19. The van der Waals surface area contributed by atoms with Crippen molar-refractivity contribution in [2.75, 3.05) is 6.54 Å². The number of rotatable bonds is 11. The molecule has 1 amide bonds. The van der Waals surface area contributed by atoms with E-state index in [4.69, 9.17) is 14.9 Å². The molecule has 1 atom stereocenters. The van der Waals surface area contributed by atoms with Crippen molar-refractivity contribution in [1.29, 1.82) is 0 Å². The predicted molar refractivity (Wildman–Crippen MR) is 125 cm³/mol. The summed E-state index contributed by atoms with van der Waals surface area (Å²) in [7, 11) is -3.71. The smallest absolute Gasteiger partial charge is 0.408 e. The molecule has 3 rings (SSSR count). The second-order valence-corrected chi connectivity index (χ2v) is 9.40. The molecule has 0 aliphatic heterocycles. The van der Waals surface area contributed by atoms with Gasteiger partial charge in [-0.25, -0.2) is 19.6 Å². The molecule has 0 fully saturated rings. The maximum atomic E-state index is 12.4. The van der Waals surface area contributed by atoms with E-state index in [2.05, 4.69) is 10.0 Å². The van der Waals surface area contributed by atoms with E-state index in [1.165, 1.54) is 11.3 Å². The Morgan fingerprint density at radius 3 is 2.44 bits per heavy atom. The van der Waals surface area contributed by atoms with Gasteiger partial charge in [-0.2, -0.15) is 8.42 Å². The first kappa shape index (κ1) is 23.9. The van der Waals surface area contributed by atoms with Crippen LogP contribution < -0.4 is 15.2 Å². The van der Waals surface area contributed by atoms with Gasteiger partial charge in [-0.05, 0) is 24.8 Å². The number of alkyl carbamates (subject to hydrolysis) is 1. The Morgan fingerprint density at radius 1 is 1.06 bits per heavy atom. The lowest BCUT2D eigenvalue weighted by Gasteiger charge is -2.16. The molecule has 0 spiro atoms. The molecular formula is C22H26N4O4S2. The molecule has 0 aliphatic carbocycles. The number of unbranched alkanes of at least 4 members (excludes halogenated alkanes) is 1. The van der Waals surface area contributed by atoms with Gasteiger partial charge in [0, 0.05) is 17.5 Å². The third-order valence-electron chi connectivity index (χ3n) is 4.62. The van der Waals surface area contributed by atoms with Gasteiger partial charge in [-0.3, -0.25) is 0 Å². The summed E-state index contributed by atoms with van der Waals surface area (Å²) in [5.74, 6) is 0. The zero-order valence-corrected chi connectivity index (χ0v) is 19.1. The summed E-state index contributed by atoms with van der Waals surface area (Å²) in [4.78, 5) is 17.1. The molecule has 0 bridgehead atoms. The Bertz CT molecular complexity index is 1090. The molecule has 4 N–H and O–H groups in total. The summed E-state index contributed by atoms with van der Waals surface area (Å²) < 4.78 is 29.6. The van der Waals surface area contributed by atoms with Crippen LogP contribution in [0, 0.1) is 0 Å². The topological polar surface area (TPSA) is 123 Å². The molecule has 0 saturated carbocycles. The summed E-state index contributed by atoms with van der Waals surface area (Å²) in [5, 5.41) is 10.6. The third kappa shape index (κ3) is 8.04. The van der Waals surface area contributed by atoms with Gasteiger partial charge in [0.2, 0.25) is 0 Å². The number of nitrogens with one attached hydrogen (secondary N) is 2. The molecule has 8 nitrogen and oxygen atoms in total. The van der Waals surface area contributed by atoms with E-state index in [-0.39, 0.29) is 19.2 Å². The Labute approximate surface area is 192 Å². The van der Waals surface area contributed by atoms with Crippen LogP contribution in [0.1, 0.15) is 35.9 Å². The SMILES string of the molecule is NS(=O)(=O)NCCCC[C@H](NC(=O)OCc1ccccc1)c1nc(-c2ccccc2)cs1. The van der Waals surface area contributed by atoms with Crippen molar-refractivity contribution < 1.29 is 17.9 Å². The average Bonchev–Trinajstić information content (AvgIpc) is 3.27. The highest BCUT2D eigenvalue weighted by Crippen LogP contribution is 2.28. The number of ether oxygens (including phenoxy) is 1. The number of carbonyl (C=O) groups is 1. The zero-order valence-electron chi connectivity index (χ0n) is 17.4. The molecule has 0 unspecified atom stereocenters. The average molecular weight is 475 g/mol. The Balaban J connectivity index is 1.62. The fourth-order valence-corrected chi connectivity index (χ4v) is 4.38. The third-order valence-corrected chi connectivity index (χ3v) is 6.18. The van der Waals surface area contributed by atoms with Crippen molar-refractivity contribution in [3.63, 3.8) is 0 Å². The lowest BCUT2D eigenvalue weighted by molar-refractivity contribution is 0.135. The summed E-state index contributed by atoms with van der Waals surface area (Å²) in [6.45, 7) is 0.405. The molecule has 2 aromatic carbocycles. The highest BCUT2D eigenvalue weighted by atomic mass is 32.2. The first-order chi connectivity index (χ1) is 15.4. The van der Waals surface area contributed by atoms with Gasteiger partial charge in [0.05, 0.1) is 11.7 Å². The van der Waals surface area contributed by atoms with Crippen molar-refractivity contribution in [2.45, 2.75) is 31.9 Å². The first-order valence-corrected chi connectivity index (χ1v) is 12.6. The molecule has 0 saturated heterocycles. The molecule has 3 aromatic rings. The summed E-state index contributed by atoms with van der Waals surface area (Å²) in [6, 6.07) is 18.9. The first-order valence-electron chi connectivity index (χ1n) is 10.2. The van der Waals surface area contributed by atoms with E-state index in [0.717, 1.165) is 21.8 Å². The summed E-state index contributed by atoms with van der Waals surface area (Å²) in [5.41, 5.74) is 2.73. The minimum atomic E-state index is -3.71. The van der Waals surface area contributed by atoms with E-state index in [1.807, 2.05) is 66.0 Å². The molecular weight excluding hydrogens is 448 g/mol. The second-order valence-electron chi connectivity index (χ2n) is 7.13. The van der Waals surface area contributed by atoms with Crippen LogP contribution in [-0.4, -0.2) is 26.0 Å². The fourth-order valence-electron chi connectivity index (χ4n) is 3.04. The van der Waals surface area contributed by atoms with E-state index in [1.54, 1.807) is 0 Å². The van der Waals surface area contributed by atoms with Crippen LogP contribution in [0.2, 0.25) is 0 Å². The summed E-state index contributed by atoms with van der Waals surface area (Å²) >= 11 is 1.46. The van der Waals surface area contributed by atoms with Crippen LogP contribution in [-0.2, 0) is 21.6 Å². The number of hydrogen-bond donors (Lipinski definition) is 3. The maximum absolute atomic E-state index is 12.4. The van der Waals surface area contributed by atoms with Crippen molar-refractivity contribution in [3.05, 3.63) is 76.6 Å². The normalized spacial score (nSPS) is 12.3. The van der Waals surface area contributed by atoms with Crippen LogP contribution >= 0.6 is 11.3 Å². The van der Waals surface area contributed by atoms with Crippen molar-refractivity contribution in [1.82, 2.24) is 15.0 Å². The molecule has 10 heteroatoms. The second kappa shape index (κ2) is 11.7. The minimum Gasteiger partial charge on any atom is -0.445 e. The van der Waals surface area contributed by atoms with Crippen molar-refractivity contribution >= 4 is 27.6 Å². The number of carbonyl (C=O) groups excluding carboxylic acids is 1. The van der Waals surface area contributed by atoms with Crippen LogP contribution in [0.4, 0.5) is 4.79 Å². The maximum Gasteiger partial charge on any atom is 0.408 e. The largest absolute Gasteiger partial charge is 0.445 e. The van der Waals surface area contributed by atoms with Crippen molar-refractivity contribution in [2.24, 2.45) is 5.14 Å². The number of benzene rings is 2. The van der Waals surface area contributed by atoms with Gasteiger partial charge in [-0.1, -0.05) is 60.7 Å². The minimum absolute atomic E-state index is 0.171. The summed E-state index contributed by atoms with van der Waals surface area (Å²) in [6.07, 6.45) is 1.28. The number of thiazole rings is 1. The quantitative estimate of drug-likeness (QED) is 0.365. The highest BCUT2D eigenvalue weighted by molar-refractivity contribution is 7.87. The molecule has 32 heavy (non-hydrogen) atoms. The Morgan fingerprint density at radius 2 is 1.75 bits per heavy atom. The lowest BCUT2D eigenvalue weighted by Crippen LogP contribution is -2.32. The van der Waals surface area contributed by atoms with Gasteiger partial charge >= 0.3 is 6.09 Å². The van der Waals surface area contributed by atoms with Gasteiger partial charge in [0.25, 0.3) is 10.2 Å². The van der Waals surface area contributed by atoms with E-state index in [9.17, 15) is 13.2 Å². The van der Waals surface area contributed by atoms with E-state index >= 15 is 0 Å². The van der Waals surface area contributed by atoms with Crippen LogP contribution in [0.25, 0.3) is 11.3 Å². The van der Waals surface area contributed by atoms with E-state index < -0.39 is 16.3 Å². The fraction of sp³-hybridized carbons (Fsp3) is 0.273. The molecule has 1 aromatic heterocycles. The number of aromatic nitrogens is 1. The van der Waals surface area contributed by atoms with Crippen LogP contribution in [0.5, 0.6) is 0 Å². The molecule has 1 heterocycles. The Kier molecular flexibility index (Phi) is 8.74. The van der Waals surface area contributed by atoms with E-state index in [0.29, 0.717) is 19.3 Å². The van der Waals surface area contributed by atoms with Gasteiger partial charge < -0.3 is 10.1 Å². The molecule has 0 aliphatic rings. The number of nitrogens with zero attached hydrogens (tertiary/aromatic N) is 1. The standard InChI is InChI=1S/C22H26N4O4S2/c23-32(28,29)24-14-8-7-13-19(26-22(27)30-15-17-9-3-1-4-10-17)21-25-20(16-31-21)18-11-5-2-6-12-18/h1-6,9-12,16,19,24H,7-8,13-15H2,(H,26,27)(H2,23,28,29)/t19-/m0/s1. The van der Waals surface area contributed by atoms with Crippen LogP contribution in [0.3, 0.4) is 0 Å². The lowest BCUT2D eigenvalue weighted by atomic mass is 10.1. The zero-order chi connectivity index (χ0) is 22.8. The van der Waals surface area contributed by atoms with Gasteiger partial charge in [0.15, 0.2) is 0 Å². The monoisotopic (exact) mass is 474 g/mol. The van der Waals surface area contributed by atoms with Gasteiger partial charge in [0.1, 0.15) is 11.6 Å².